The molecule has 2 aliphatic rings. The molecule has 0 spiro atoms. The summed E-state index contributed by atoms with van der Waals surface area (Å²) >= 11 is 0. The third-order valence-corrected chi connectivity index (χ3v) is 4.65. The lowest BCUT2D eigenvalue weighted by molar-refractivity contribution is -0.119. The summed E-state index contributed by atoms with van der Waals surface area (Å²) in [6.45, 7) is 1.63. The first-order valence-electron chi connectivity index (χ1n) is 7.51. The average Bonchev–Trinajstić information content (AvgIpc) is 2.32. The zero-order chi connectivity index (χ0) is 12.1. The molecule has 98 valence electrons. The lowest BCUT2D eigenvalue weighted by Gasteiger charge is -2.32. The zero-order valence-electron chi connectivity index (χ0n) is 11.2. The summed E-state index contributed by atoms with van der Waals surface area (Å²) in [5.41, 5.74) is 0. The van der Waals surface area contributed by atoms with Gasteiger partial charge in [-0.1, -0.05) is 32.1 Å². The Morgan fingerprint density at radius 2 is 1.53 bits per heavy atom. The molecule has 2 fully saturated rings. The van der Waals surface area contributed by atoms with Crippen LogP contribution in [0.5, 0.6) is 0 Å². The Hall–Kier alpha value is -0.530. The molecule has 2 aliphatic carbocycles. The minimum Gasteiger partial charge on any atom is -0.354 e. The summed E-state index contributed by atoms with van der Waals surface area (Å²) in [6.07, 6.45) is 13.9. The lowest BCUT2D eigenvalue weighted by Crippen LogP contribution is -2.36. The Morgan fingerprint density at radius 3 is 2.12 bits per heavy atom. The van der Waals surface area contributed by atoms with Gasteiger partial charge in [-0.15, -0.1) is 0 Å². The van der Waals surface area contributed by atoms with Gasteiger partial charge in [0.15, 0.2) is 0 Å². The van der Waals surface area contributed by atoms with Crippen LogP contribution in [0.3, 0.4) is 0 Å². The van der Waals surface area contributed by atoms with E-state index in [0.29, 0.717) is 6.04 Å². The van der Waals surface area contributed by atoms with Crippen LogP contribution in [0, 0.1) is 11.8 Å². The van der Waals surface area contributed by atoms with Gasteiger partial charge in [-0.25, -0.2) is 0 Å². The van der Waals surface area contributed by atoms with Gasteiger partial charge in [0.25, 0.3) is 0 Å². The molecular formula is C15H27NO. The van der Waals surface area contributed by atoms with Crippen LogP contribution in [0.25, 0.3) is 0 Å². The summed E-state index contributed by atoms with van der Waals surface area (Å²) in [5, 5.41) is 3.07. The summed E-state index contributed by atoms with van der Waals surface area (Å²) in [6, 6.07) is 0.468. The fraction of sp³-hybridized carbons (Fsp3) is 0.933. The summed E-state index contributed by atoms with van der Waals surface area (Å²) in [7, 11) is 0. The van der Waals surface area contributed by atoms with E-state index < -0.39 is 0 Å². The average molecular weight is 237 g/mol. The Morgan fingerprint density at radius 1 is 0.941 bits per heavy atom. The van der Waals surface area contributed by atoms with Crippen LogP contribution >= 0.6 is 0 Å². The summed E-state index contributed by atoms with van der Waals surface area (Å²) < 4.78 is 0. The normalized spacial score (nSPS) is 31.1. The van der Waals surface area contributed by atoms with Crippen molar-refractivity contribution in [2.24, 2.45) is 11.8 Å². The molecule has 0 aromatic carbocycles. The van der Waals surface area contributed by atoms with Crippen molar-refractivity contribution >= 4 is 5.91 Å². The van der Waals surface area contributed by atoms with Gasteiger partial charge in [0.2, 0.25) is 5.91 Å². The first-order chi connectivity index (χ1) is 8.24. The van der Waals surface area contributed by atoms with E-state index >= 15 is 0 Å². The topological polar surface area (TPSA) is 29.1 Å². The predicted molar refractivity (Wildman–Crippen MR) is 70.8 cm³/mol. The standard InChI is InChI=1S/C15H27NO/c1-12(17)16-15-9-7-14(8-10-15)11-13-5-3-2-4-6-13/h13-15H,2-11H2,1H3,(H,16,17)/t14-,15+. The van der Waals surface area contributed by atoms with E-state index in [1.54, 1.807) is 6.92 Å². The molecule has 17 heavy (non-hydrogen) atoms. The largest absolute Gasteiger partial charge is 0.354 e. The molecular weight excluding hydrogens is 210 g/mol. The van der Waals surface area contributed by atoms with Crippen molar-refractivity contribution in [3.05, 3.63) is 0 Å². The number of hydrogen-bond acceptors (Lipinski definition) is 1. The summed E-state index contributed by atoms with van der Waals surface area (Å²) in [4.78, 5) is 11.0. The lowest BCUT2D eigenvalue weighted by atomic mass is 9.76. The molecule has 0 atom stereocenters. The van der Waals surface area contributed by atoms with Crippen LogP contribution in [0.1, 0.15) is 71.1 Å². The Labute approximate surface area is 106 Å². The van der Waals surface area contributed by atoms with E-state index in [9.17, 15) is 4.79 Å². The second-order valence-corrected chi connectivity index (χ2v) is 6.16. The van der Waals surface area contributed by atoms with E-state index in [0.717, 1.165) is 11.8 Å². The monoisotopic (exact) mass is 237 g/mol. The SMILES string of the molecule is CC(=O)N[C@H]1CC[C@@H](CC2CCCCC2)CC1. The fourth-order valence-electron chi connectivity index (χ4n) is 3.72. The molecule has 0 aliphatic heterocycles. The van der Waals surface area contributed by atoms with Crippen molar-refractivity contribution < 1.29 is 4.79 Å². The molecule has 0 saturated heterocycles. The molecule has 2 nitrogen and oxygen atoms in total. The highest BCUT2D eigenvalue weighted by Crippen LogP contribution is 2.35. The summed E-state index contributed by atoms with van der Waals surface area (Å²) in [5.74, 6) is 2.11. The van der Waals surface area contributed by atoms with Gasteiger partial charge in [0.05, 0.1) is 0 Å². The molecule has 0 unspecified atom stereocenters. The van der Waals surface area contributed by atoms with Crippen LogP contribution in [-0.2, 0) is 4.79 Å². The van der Waals surface area contributed by atoms with Crippen molar-refractivity contribution in [3.63, 3.8) is 0 Å². The minimum absolute atomic E-state index is 0.140. The molecule has 0 heterocycles. The van der Waals surface area contributed by atoms with Crippen molar-refractivity contribution in [1.82, 2.24) is 5.32 Å². The first kappa shape index (κ1) is 12.9. The second kappa shape index (κ2) is 6.42. The van der Waals surface area contributed by atoms with Crippen LogP contribution in [0.4, 0.5) is 0 Å². The van der Waals surface area contributed by atoms with Crippen molar-refractivity contribution in [2.45, 2.75) is 77.2 Å². The zero-order valence-corrected chi connectivity index (χ0v) is 11.2. The van der Waals surface area contributed by atoms with Crippen molar-refractivity contribution in [3.8, 4) is 0 Å². The maximum absolute atomic E-state index is 11.0. The van der Waals surface area contributed by atoms with Gasteiger partial charge >= 0.3 is 0 Å². The van der Waals surface area contributed by atoms with Crippen LogP contribution in [0.2, 0.25) is 0 Å². The number of hydrogen-bond donors (Lipinski definition) is 1. The van der Waals surface area contributed by atoms with Crippen LogP contribution in [0.15, 0.2) is 0 Å². The number of amides is 1. The first-order valence-corrected chi connectivity index (χ1v) is 7.51. The maximum atomic E-state index is 11.0. The van der Waals surface area contributed by atoms with E-state index in [2.05, 4.69) is 5.32 Å². The quantitative estimate of drug-likeness (QED) is 0.797. The second-order valence-electron chi connectivity index (χ2n) is 6.16. The molecule has 0 aromatic heterocycles. The van der Waals surface area contributed by atoms with Gasteiger partial charge in [-0.05, 0) is 43.9 Å². The van der Waals surface area contributed by atoms with E-state index in [4.69, 9.17) is 0 Å². The predicted octanol–water partition coefficient (Wildman–Crippen LogP) is 3.65. The number of rotatable bonds is 3. The minimum atomic E-state index is 0.140. The highest BCUT2D eigenvalue weighted by atomic mass is 16.1. The van der Waals surface area contributed by atoms with Crippen LogP contribution < -0.4 is 5.32 Å². The maximum Gasteiger partial charge on any atom is 0.217 e. The molecule has 0 aromatic rings. The van der Waals surface area contributed by atoms with Gasteiger partial charge < -0.3 is 5.32 Å². The molecule has 2 heteroatoms. The smallest absolute Gasteiger partial charge is 0.217 e. The van der Waals surface area contributed by atoms with Gasteiger partial charge in [0.1, 0.15) is 0 Å². The van der Waals surface area contributed by atoms with E-state index in [1.807, 2.05) is 0 Å². The van der Waals surface area contributed by atoms with E-state index in [1.165, 1.54) is 64.2 Å². The Balaban J connectivity index is 1.66. The number of carbonyl (C=O) groups is 1. The van der Waals surface area contributed by atoms with Crippen molar-refractivity contribution in [1.29, 1.82) is 0 Å². The Kier molecular flexibility index (Phi) is 4.87. The third-order valence-electron chi connectivity index (χ3n) is 4.65. The molecule has 0 radical (unpaired) electrons. The number of carbonyl (C=O) groups excluding carboxylic acids is 1. The highest BCUT2D eigenvalue weighted by Gasteiger charge is 2.24. The van der Waals surface area contributed by atoms with Gasteiger partial charge in [-0.2, -0.15) is 0 Å². The van der Waals surface area contributed by atoms with Crippen LogP contribution in [-0.4, -0.2) is 11.9 Å². The van der Waals surface area contributed by atoms with Gasteiger partial charge in [-0.3, -0.25) is 4.79 Å². The van der Waals surface area contributed by atoms with E-state index in [-0.39, 0.29) is 5.91 Å². The molecule has 0 bridgehead atoms. The molecule has 1 N–H and O–H groups in total. The molecule has 2 rings (SSSR count). The number of nitrogens with one attached hydrogen (secondary N) is 1. The fourth-order valence-corrected chi connectivity index (χ4v) is 3.72. The van der Waals surface area contributed by atoms with Crippen molar-refractivity contribution in [2.75, 3.05) is 0 Å². The molecule has 1 amide bonds. The third kappa shape index (κ3) is 4.33. The Bertz CT molecular complexity index is 237. The highest BCUT2D eigenvalue weighted by molar-refractivity contribution is 5.73. The van der Waals surface area contributed by atoms with Gasteiger partial charge in [0, 0.05) is 13.0 Å². The molecule has 2 saturated carbocycles.